The molecular formula is C13H19BrN2OS. The van der Waals surface area contributed by atoms with E-state index in [2.05, 4.69) is 32.2 Å². The van der Waals surface area contributed by atoms with Crippen LogP contribution in [-0.2, 0) is 11.0 Å². The van der Waals surface area contributed by atoms with Crippen molar-refractivity contribution in [1.29, 1.82) is 0 Å². The fourth-order valence-corrected chi connectivity index (χ4v) is 2.59. The van der Waals surface area contributed by atoms with Gasteiger partial charge in [-0.1, -0.05) is 6.08 Å². The van der Waals surface area contributed by atoms with E-state index in [0.717, 1.165) is 16.6 Å². The van der Waals surface area contributed by atoms with Crippen molar-refractivity contribution in [2.24, 2.45) is 0 Å². The molecular weight excluding hydrogens is 312 g/mol. The van der Waals surface area contributed by atoms with E-state index in [4.69, 9.17) is 0 Å². The standard InChI is InChI=1S/C13H19BrN2OS/c1-5-6-11(16-18(17)13(2,3)4)10-7-8-15-12(14)9-10/h5,7-9,11,16H,1,6H2,2-4H3/t11-,18-/m0/s1. The molecule has 0 aromatic carbocycles. The summed E-state index contributed by atoms with van der Waals surface area (Å²) < 4.78 is 15.8. The fraction of sp³-hybridized carbons (Fsp3) is 0.462. The zero-order chi connectivity index (χ0) is 13.8. The predicted molar refractivity (Wildman–Crippen MR) is 80.5 cm³/mol. The van der Waals surface area contributed by atoms with E-state index in [9.17, 15) is 4.21 Å². The monoisotopic (exact) mass is 330 g/mol. The van der Waals surface area contributed by atoms with Crippen LogP contribution in [0.4, 0.5) is 0 Å². The van der Waals surface area contributed by atoms with Crippen LogP contribution in [0.3, 0.4) is 0 Å². The summed E-state index contributed by atoms with van der Waals surface area (Å²) in [6, 6.07) is 3.84. The molecule has 0 unspecified atom stereocenters. The van der Waals surface area contributed by atoms with Crippen LogP contribution in [-0.4, -0.2) is 13.9 Å². The molecule has 1 rings (SSSR count). The molecule has 5 heteroatoms. The summed E-state index contributed by atoms with van der Waals surface area (Å²) in [6.07, 6.45) is 4.28. The molecule has 0 radical (unpaired) electrons. The molecule has 0 saturated carbocycles. The van der Waals surface area contributed by atoms with E-state index >= 15 is 0 Å². The molecule has 0 aliphatic rings. The van der Waals surface area contributed by atoms with Gasteiger partial charge in [-0.15, -0.1) is 6.58 Å². The van der Waals surface area contributed by atoms with E-state index in [-0.39, 0.29) is 10.8 Å². The van der Waals surface area contributed by atoms with Crippen molar-refractivity contribution < 1.29 is 4.21 Å². The Bertz CT molecular complexity index is 443. The van der Waals surface area contributed by atoms with Gasteiger partial charge >= 0.3 is 0 Å². The lowest BCUT2D eigenvalue weighted by Crippen LogP contribution is -2.35. The summed E-state index contributed by atoms with van der Waals surface area (Å²) in [7, 11) is -1.11. The van der Waals surface area contributed by atoms with Gasteiger partial charge in [0.05, 0.1) is 15.7 Å². The first kappa shape index (κ1) is 15.5. The molecule has 1 aromatic rings. The zero-order valence-corrected chi connectivity index (χ0v) is 13.3. The summed E-state index contributed by atoms with van der Waals surface area (Å²) >= 11 is 3.35. The number of aromatic nitrogens is 1. The Kier molecular flexibility index (Phi) is 5.69. The van der Waals surface area contributed by atoms with Crippen molar-refractivity contribution in [1.82, 2.24) is 9.71 Å². The van der Waals surface area contributed by atoms with Crippen molar-refractivity contribution in [2.75, 3.05) is 0 Å². The topological polar surface area (TPSA) is 42.0 Å². The Morgan fingerprint density at radius 2 is 2.28 bits per heavy atom. The predicted octanol–water partition coefficient (Wildman–Crippen LogP) is 3.51. The van der Waals surface area contributed by atoms with Crippen LogP contribution in [0, 0.1) is 0 Å². The Balaban J connectivity index is 2.90. The Hall–Kier alpha value is -0.520. The Morgan fingerprint density at radius 1 is 1.61 bits per heavy atom. The highest BCUT2D eigenvalue weighted by Crippen LogP contribution is 2.22. The van der Waals surface area contributed by atoms with Gasteiger partial charge in [0.15, 0.2) is 0 Å². The number of nitrogens with one attached hydrogen (secondary N) is 1. The SMILES string of the molecule is C=CC[C@H](N[S@@](=O)C(C)(C)C)c1ccnc(Br)c1. The van der Waals surface area contributed by atoms with Crippen molar-refractivity contribution >= 4 is 26.9 Å². The van der Waals surface area contributed by atoms with Gasteiger partial charge < -0.3 is 0 Å². The number of pyridine rings is 1. The van der Waals surface area contributed by atoms with Crippen molar-refractivity contribution in [2.45, 2.75) is 38.0 Å². The minimum Gasteiger partial charge on any atom is -0.249 e. The largest absolute Gasteiger partial charge is 0.249 e. The van der Waals surface area contributed by atoms with Gasteiger partial charge in [-0.2, -0.15) is 0 Å². The number of nitrogens with zero attached hydrogens (tertiary/aromatic N) is 1. The quantitative estimate of drug-likeness (QED) is 0.663. The maximum atomic E-state index is 12.1. The third-order valence-corrected chi connectivity index (χ3v) is 4.41. The molecule has 1 heterocycles. The summed E-state index contributed by atoms with van der Waals surface area (Å²) in [4.78, 5) is 4.10. The van der Waals surface area contributed by atoms with Gasteiger partial charge in [0, 0.05) is 12.2 Å². The Labute approximate surface area is 120 Å². The Morgan fingerprint density at radius 3 is 2.78 bits per heavy atom. The van der Waals surface area contributed by atoms with Crippen molar-refractivity contribution in [3.8, 4) is 0 Å². The maximum absolute atomic E-state index is 12.1. The minimum atomic E-state index is -1.11. The van der Waals surface area contributed by atoms with E-state index in [1.165, 1.54) is 0 Å². The van der Waals surface area contributed by atoms with Gasteiger partial charge in [-0.25, -0.2) is 13.9 Å². The lowest BCUT2D eigenvalue weighted by molar-refractivity contribution is 0.601. The highest BCUT2D eigenvalue weighted by atomic mass is 79.9. The van der Waals surface area contributed by atoms with Gasteiger partial charge in [-0.05, 0) is 60.8 Å². The molecule has 0 aliphatic heterocycles. The molecule has 0 fully saturated rings. The second kappa shape index (κ2) is 6.59. The van der Waals surface area contributed by atoms with Crippen molar-refractivity contribution in [3.05, 3.63) is 41.2 Å². The van der Waals surface area contributed by atoms with Crippen LogP contribution in [0.25, 0.3) is 0 Å². The second-order valence-corrected chi connectivity index (χ2v) is 7.80. The summed E-state index contributed by atoms with van der Waals surface area (Å²) in [5.74, 6) is 0. The lowest BCUT2D eigenvalue weighted by atomic mass is 10.1. The highest BCUT2D eigenvalue weighted by Gasteiger charge is 2.23. The van der Waals surface area contributed by atoms with Crippen molar-refractivity contribution in [3.63, 3.8) is 0 Å². The average molecular weight is 331 g/mol. The molecule has 0 saturated heterocycles. The molecule has 0 aliphatic carbocycles. The third kappa shape index (κ3) is 4.63. The normalized spacial score (nSPS) is 15.1. The first-order valence-electron chi connectivity index (χ1n) is 5.75. The average Bonchev–Trinajstić information content (AvgIpc) is 2.27. The van der Waals surface area contributed by atoms with Crippen LogP contribution >= 0.6 is 15.9 Å². The first-order valence-corrected chi connectivity index (χ1v) is 7.69. The number of hydrogen-bond acceptors (Lipinski definition) is 2. The molecule has 100 valence electrons. The van der Waals surface area contributed by atoms with E-state index in [0.29, 0.717) is 0 Å². The van der Waals surface area contributed by atoms with Gasteiger partial charge in [0.25, 0.3) is 0 Å². The molecule has 3 nitrogen and oxygen atoms in total. The third-order valence-electron chi connectivity index (χ3n) is 2.36. The van der Waals surface area contributed by atoms with Crippen LogP contribution in [0.2, 0.25) is 0 Å². The molecule has 0 amide bonds. The number of halogens is 1. The highest BCUT2D eigenvalue weighted by molar-refractivity contribution is 9.10. The summed E-state index contributed by atoms with van der Waals surface area (Å²) in [5, 5.41) is 0. The minimum absolute atomic E-state index is 0.0122. The number of rotatable bonds is 5. The van der Waals surface area contributed by atoms with Crippen LogP contribution in [0.15, 0.2) is 35.6 Å². The lowest BCUT2D eigenvalue weighted by Gasteiger charge is -2.24. The first-order chi connectivity index (χ1) is 8.34. The maximum Gasteiger partial charge on any atom is 0.106 e. The fourth-order valence-electron chi connectivity index (χ4n) is 1.36. The van der Waals surface area contributed by atoms with E-state index < -0.39 is 11.0 Å². The summed E-state index contributed by atoms with van der Waals surface area (Å²) in [6.45, 7) is 9.60. The van der Waals surface area contributed by atoms with Gasteiger partial charge in [0.1, 0.15) is 4.60 Å². The molecule has 0 spiro atoms. The molecule has 0 bridgehead atoms. The molecule has 1 aromatic heterocycles. The second-order valence-electron chi connectivity index (χ2n) is 4.99. The molecule has 18 heavy (non-hydrogen) atoms. The number of hydrogen-bond donors (Lipinski definition) is 1. The smallest absolute Gasteiger partial charge is 0.106 e. The molecule has 1 N–H and O–H groups in total. The van der Waals surface area contributed by atoms with Crippen LogP contribution < -0.4 is 4.72 Å². The summed E-state index contributed by atoms with van der Waals surface area (Å²) in [5.41, 5.74) is 1.05. The van der Waals surface area contributed by atoms with E-state index in [1.807, 2.05) is 39.0 Å². The van der Waals surface area contributed by atoms with Gasteiger partial charge in [0.2, 0.25) is 0 Å². The zero-order valence-electron chi connectivity index (χ0n) is 10.9. The van der Waals surface area contributed by atoms with Gasteiger partial charge in [-0.3, -0.25) is 0 Å². The van der Waals surface area contributed by atoms with Crippen LogP contribution in [0.5, 0.6) is 0 Å². The molecule has 2 atom stereocenters. The van der Waals surface area contributed by atoms with Crippen LogP contribution in [0.1, 0.15) is 38.8 Å². The van der Waals surface area contributed by atoms with E-state index in [1.54, 1.807) is 6.20 Å².